The molecule has 78 valence electrons. The Hall–Kier alpha value is -2.44. The zero-order valence-electron chi connectivity index (χ0n) is 7.54. The van der Waals surface area contributed by atoms with Gasteiger partial charge in [0, 0.05) is 12.4 Å². The first kappa shape index (κ1) is 10.6. The minimum atomic E-state index is -0.708. The molecule has 0 saturated carbocycles. The second-order valence-electron chi connectivity index (χ2n) is 2.38. The van der Waals surface area contributed by atoms with Crippen LogP contribution in [-0.2, 0) is 0 Å². The van der Waals surface area contributed by atoms with E-state index >= 15 is 0 Å². The Kier molecular flexibility index (Phi) is 3.78. The van der Waals surface area contributed by atoms with Crippen molar-refractivity contribution >= 4 is 0 Å². The Labute approximate surface area is 83.5 Å². The van der Waals surface area contributed by atoms with Crippen LogP contribution < -0.4 is 11.2 Å². The van der Waals surface area contributed by atoms with E-state index in [4.69, 9.17) is 5.11 Å². The van der Waals surface area contributed by atoms with Crippen LogP contribution in [0, 0.1) is 0 Å². The van der Waals surface area contributed by atoms with Crippen LogP contribution in [0.3, 0.4) is 0 Å². The summed E-state index contributed by atoms with van der Waals surface area (Å²) < 4.78 is 0. The number of rotatable bonds is 0. The number of aromatic hydroxyl groups is 1. The first-order valence-electron chi connectivity index (χ1n) is 3.91. The SMILES string of the molecule is O=c1cc(O)[nH]c(=O)[nH]1.c1cncnc1. The summed E-state index contributed by atoms with van der Waals surface area (Å²) in [6.45, 7) is 0. The van der Waals surface area contributed by atoms with Crippen molar-refractivity contribution in [3.05, 3.63) is 51.7 Å². The van der Waals surface area contributed by atoms with Gasteiger partial charge in [-0.05, 0) is 6.07 Å². The molecule has 0 bridgehead atoms. The second kappa shape index (κ2) is 5.32. The summed E-state index contributed by atoms with van der Waals surface area (Å²) in [6.07, 6.45) is 4.88. The van der Waals surface area contributed by atoms with E-state index in [9.17, 15) is 9.59 Å². The third kappa shape index (κ3) is 4.36. The van der Waals surface area contributed by atoms with Gasteiger partial charge in [-0.25, -0.2) is 14.8 Å². The topological polar surface area (TPSA) is 112 Å². The van der Waals surface area contributed by atoms with Crippen LogP contribution in [0.1, 0.15) is 0 Å². The van der Waals surface area contributed by atoms with E-state index in [0.717, 1.165) is 6.07 Å². The maximum Gasteiger partial charge on any atom is 0.328 e. The van der Waals surface area contributed by atoms with Gasteiger partial charge >= 0.3 is 5.69 Å². The van der Waals surface area contributed by atoms with Gasteiger partial charge in [-0.2, -0.15) is 0 Å². The fourth-order valence-corrected chi connectivity index (χ4v) is 0.709. The van der Waals surface area contributed by atoms with Crippen molar-refractivity contribution in [2.45, 2.75) is 0 Å². The molecule has 2 rings (SSSR count). The molecule has 0 spiro atoms. The number of hydrogen-bond acceptors (Lipinski definition) is 5. The van der Waals surface area contributed by atoms with Crippen molar-refractivity contribution in [3.63, 3.8) is 0 Å². The summed E-state index contributed by atoms with van der Waals surface area (Å²) >= 11 is 0. The normalized spacial score (nSPS) is 8.80. The van der Waals surface area contributed by atoms with Gasteiger partial charge in [0.15, 0.2) is 5.88 Å². The fourth-order valence-electron chi connectivity index (χ4n) is 0.709. The first-order valence-corrected chi connectivity index (χ1v) is 3.91. The van der Waals surface area contributed by atoms with E-state index in [-0.39, 0.29) is 0 Å². The zero-order chi connectivity index (χ0) is 11.1. The predicted octanol–water partition coefficient (Wildman–Crippen LogP) is -0.755. The van der Waals surface area contributed by atoms with Gasteiger partial charge in [0.1, 0.15) is 6.33 Å². The van der Waals surface area contributed by atoms with E-state index in [2.05, 4.69) is 9.97 Å². The standard InChI is InChI=1S/C4H4N2O3.C4H4N2/c7-2-1-3(8)6-4(9)5-2;1-2-5-4-6-3-1/h1H,(H3,5,6,7,8,9);1-4H. The van der Waals surface area contributed by atoms with Crippen LogP contribution >= 0.6 is 0 Å². The summed E-state index contributed by atoms with van der Waals surface area (Å²) in [7, 11) is 0. The predicted molar refractivity (Wildman–Crippen MR) is 51.4 cm³/mol. The maximum atomic E-state index is 10.3. The number of aromatic amines is 2. The minimum absolute atomic E-state index is 0.427. The second-order valence-corrected chi connectivity index (χ2v) is 2.38. The highest BCUT2D eigenvalue weighted by atomic mass is 16.3. The van der Waals surface area contributed by atoms with Gasteiger partial charge in [-0.1, -0.05) is 0 Å². The van der Waals surface area contributed by atoms with E-state index in [1.54, 1.807) is 18.5 Å². The summed E-state index contributed by atoms with van der Waals surface area (Å²) in [6, 6.07) is 2.65. The molecule has 0 amide bonds. The lowest BCUT2D eigenvalue weighted by Gasteiger charge is -1.84. The third-order valence-electron chi connectivity index (χ3n) is 1.22. The highest BCUT2D eigenvalue weighted by Crippen LogP contribution is 1.87. The van der Waals surface area contributed by atoms with E-state index in [1.807, 2.05) is 9.97 Å². The Balaban J connectivity index is 0.000000162. The van der Waals surface area contributed by atoms with Crippen molar-refractivity contribution in [2.75, 3.05) is 0 Å². The Morgan fingerprint density at radius 1 is 1.13 bits per heavy atom. The molecule has 0 radical (unpaired) electrons. The van der Waals surface area contributed by atoms with Crippen LogP contribution in [0.25, 0.3) is 0 Å². The van der Waals surface area contributed by atoms with Crippen LogP contribution in [-0.4, -0.2) is 25.0 Å². The molecule has 3 N–H and O–H groups in total. The molecule has 2 aromatic rings. The van der Waals surface area contributed by atoms with E-state index < -0.39 is 17.1 Å². The molecule has 0 aliphatic heterocycles. The number of nitrogens with one attached hydrogen (secondary N) is 2. The molecule has 0 aliphatic rings. The molecule has 0 unspecified atom stereocenters. The van der Waals surface area contributed by atoms with E-state index in [1.165, 1.54) is 6.33 Å². The molecule has 2 aromatic heterocycles. The first-order chi connectivity index (χ1) is 7.18. The lowest BCUT2D eigenvalue weighted by Crippen LogP contribution is -2.19. The Morgan fingerprint density at radius 3 is 2.13 bits per heavy atom. The average molecular weight is 208 g/mol. The summed E-state index contributed by atoms with van der Waals surface area (Å²) in [5.41, 5.74) is -1.32. The number of hydrogen-bond donors (Lipinski definition) is 3. The van der Waals surface area contributed by atoms with Crippen LogP contribution in [0.2, 0.25) is 0 Å². The largest absolute Gasteiger partial charge is 0.494 e. The average Bonchev–Trinajstić information content (AvgIpc) is 2.19. The van der Waals surface area contributed by atoms with Gasteiger partial charge in [0.05, 0.1) is 6.07 Å². The lowest BCUT2D eigenvalue weighted by atomic mass is 10.6. The van der Waals surface area contributed by atoms with Crippen molar-refractivity contribution in [1.82, 2.24) is 19.9 Å². The van der Waals surface area contributed by atoms with Crippen LogP contribution in [0.4, 0.5) is 0 Å². The van der Waals surface area contributed by atoms with Gasteiger partial charge in [-0.3, -0.25) is 14.8 Å². The highest BCUT2D eigenvalue weighted by molar-refractivity contribution is 5.01. The molecular formula is C8H8N4O3. The highest BCUT2D eigenvalue weighted by Gasteiger charge is 1.88. The van der Waals surface area contributed by atoms with Gasteiger partial charge < -0.3 is 5.11 Å². The monoisotopic (exact) mass is 208 g/mol. The van der Waals surface area contributed by atoms with E-state index in [0.29, 0.717) is 0 Å². The molecule has 7 nitrogen and oxygen atoms in total. The molecule has 0 fully saturated rings. The van der Waals surface area contributed by atoms with Gasteiger partial charge in [0.25, 0.3) is 5.56 Å². The third-order valence-corrected chi connectivity index (χ3v) is 1.22. The zero-order valence-corrected chi connectivity index (χ0v) is 7.54. The lowest BCUT2D eigenvalue weighted by molar-refractivity contribution is 0.448. The summed E-state index contributed by atoms with van der Waals surface area (Å²) in [5, 5.41) is 8.52. The van der Waals surface area contributed by atoms with Gasteiger partial charge in [-0.15, -0.1) is 0 Å². The quantitative estimate of drug-likeness (QED) is 0.527. The molecule has 15 heavy (non-hydrogen) atoms. The molecule has 2 heterocycles. The summed E-state index contributed by atoms with van der Waals surface area (Å²) in [4.78, 5) is 31.7. The van der Waals surface area contributed by atoms with Crippen molar-refractivity contribution < 1.29 is 5.11 Å². The molecule has 0 saturated heterocycles. The number of nitrogens with zero attached hydrogens (tertiary/aromatic N) is 2. The van der Waals surface area contributed by atoms with Crippen molar-refractivity contribution in [3.8, 4) is 5.88 Å². The van der Waals surface area contributed by atoms with Crippen LogP contribution in [0.15, 0.2) is 40.4 Å². The summed E-state index contributed by atoms with van der Waals surface area (Å²) in [5.74, 6) is -0.427. The fraction of sp³-hybridized carbons (Fsp3) is 0. The van der Waals surface area contributed by atoms with Crippen molar-refractivity contribution in [2.24, 2.45) is 0 Å². The Bertz CT molecular complexity index is 450. The Morgan fingerprint density at radius 2 is 1.80 bits per heavy atom. The molecule has 7 heteroatoms. The molecular weight excluding hydrogens is 200 g/mol. The number of aromatic nitrogens is 4. The van der Waals surface area contributed by atoms with Crippen LogP contribution in [0.5, 0.6) is 5.88 Å². The molecule has 0 aromatic carbocycles. The number of H-pyrrole nitrogens is 2. The van der Waals surface area contributed by atoms with Crippen molar-refractivity contribution in [1.29, 1.82) is 0 Å². The minimum Gasteiger partial charge on any atom is -0.494 e. The smallest absolute Gasteiger partial charge is 0.328 e. The maximum absolute atomic E-state index is 10.3. The molecule has 0 atom stereocenters. The molecule has 0 aliphatic carbocycles. The van der Waals surface area contributed by atoms with Gasteiger partial charge in [0.2, 0.25) is 0 Å².